The number of nitrogens with zero attached hydrogens (tertiary/aromatic N) is 1. The Hall–Kier alpha value is -1.95. The smallest absolute Gasteiger partial charge is 0.414 e. The van der Waals surface area contributed by atoms with Crippen LogP contribution in [0.1, 0.15) is 38.3 Å². The normalized spacial score (nSPS) is 23.0. The number of rotatable bonds is 2. The molecule has 6 heteroatoms. The maximum Gasteiger partial charge on any atom is 0.414 e. The van der Waals surface area contributed by atoms with E-state index in [-0.39, 0.29) is 18.2 Å². The van der Waals surface area contributed by atoms with Crippen LogP contribution in [0, 0.1) is 0 Å². The van der Waals surface area contributed by atoms with E-state index in [0.717, 1.165) is 17.7 Å². The number of benzene rings is 1. The molecule has 1 aromatic rings. The number of ether oxygens (including phenoxy) is 3. The van der Waals surface area contributed by atoms with E-state index in [4.69, 9.17) is 19.9 Å². The number of carbonyl (C=O) groups excluding carboxylic acids is 1. The Balaban J connectivity index is 2.07. The molecule has 2 N–H and O–H groups in total. The molecule has 0 bridgehead atoms. The van der Waals surface area contributed by atoms with Crippen LogP contribution in [-0.4, -0.2) is 32.0 Å². The van der Waals surface area contributed by atoms with Gasteiger partial charge in [0.1, 0.15) is 13.2 Å². The fraction of sp³-hybridized carbons (Fsp3) is 0.562. The van der Waals surface area contributed by atoms with Crippen molar-refractivity contribution in [3.63, 3.8) is 0 Å². The van der Waals surface area contributed by atoms with Crippen LogP contribution in [0.4, 0.5) is 10.5 Å². The summed E-state index contributed by atoms with van der Waals surface area (Å²) in [6.07, 6.45) is 1.20. The van der Waals surface area contributed by atoms with Gasteiger partial charge < -0.3 is 19.9 Å². The highest BCUT2D eigenvalue weighted by Crippen LogP contribution is 2.44. The van der Waals surface area contributed by atoms with E-state index in [2.05, 4.69) is 0 Å². The van der Waals surface area contributed by atoms with Gasteiger partial charge in [0.15, 0.2) is 11.5 Å². The minimum atomic E-state index is -0.334. The molecular formula is C16H22N2O4. The average molecular weight is 306 g/mol. The molecular weight excluding hydrogens is 284 g/mol. The molecule has 6 nitrogen and oxygen atoms in total. The number of hydrogen-bond acceptors (Lipinski definition) is 5. The summed E-state index contributed by atoms with van der Waals surface area (Å²) in [7, 11) is 0. The molecule has 0 unspecified atom stereocenters. The molecule has 2 aliphatic rings. The van der Waals surface area contributed by atoms with Crippen molar-refractivity contribution in [2.24, 2.45) is 5.73 Å². The van der Waals surface area contributed by atoms with E-state index in [1.54, 1.807) is 11.8 Å². The fourth-order valence-corrected chi connectivity index (χ4v) is 3.11. The molecule has 0 aromatic heterocycles. The lowest BCUT2D eigenvalue weighted by Crippen LogP contribution is -2.46. The third-order valence-electron chi connectivity index (χ3n) is 4.18. The summed E-state index contributed by atoms with van der Waals surface area (Å²) in [6, 6.07) is 3.65. The molecule has 2 heterocycles. The van der Waals surface area contributed by atoms with Gasteiger partial charge in [-0.05, 0) is 31.4 Å². The average Bonchev–Trinajstić information content (AvgIpc) is 2.53. The Morgan fingerprint density at radius 2 is 2.00 bits per heavy atom. The lowest BCUT2D eigenvalue weighted by Gasteiger charge is -2.39. The Morgan fingerprint density at radius 3 is 2.64 bits per heavy atom. The van der Waals surface area contributed by atoms with E-state index >= 15 is 0 Å². The van der Waals surface area contributed by atoms with Gasteiger partial charge >= 0.3 is 6.09 Å². The highest BCUT2D eigenvalue weighted by atomic mass is 16.6. The minimum Gasteiger partial charge on any atom is -0.486 e. The highest BCUT2D eigenvalue weighted by Gasteiger charge is 2.36. The maximum atomic E-state index is 12.4. The van der Waals surface area contributed by atoms with Crippen molar-refractivity contribution < 1.29 is 19.0 Å². The Morgan fingerprint density at radius 1 is 1.32 bits per heavy atom. The summed E-state index contributed by atoms with van der Waals surface area (Å²) in [5.74, 6) is 1.35. The number of carbonyl (C=O) groups is 1. The van der Waals surface area contributed by atoms with Crippen molar-refractivity contribution in [1.29, 1.82) is 0 Å². The number of hydrogen-bond donors (Lipinski definition) is 1. The number of nitrogens with two attached hydrogens (primary N) is 1. The zero-order chi connectivity index (χ0) is 15.7. The first kappa shape index (κ1) is 15.0. The van der Waals surface area contributed by atoms with E-state index in [9.17, 15) is 4.79 Å². The standard InChI is InChI=1S/C16H22N2O4/c1-3-10-7-12(17)11-8-14-15(22-6-5-21-14)9-13(11)18(10)16(19)20-4-2/h8-10,12H,3-7,17H2,1-2H3/t10-,12+/m1/s1. The van der Waals surface area contributed by atoms with E-state index in [1.165, 1.54) is 0 Å². The van der Waals surface area contributed by atoms with Crippen molar-refractivity contribution >= 4 is 11.8 Å². The predicted molar refractivity (Wildman–Crippen MR) is 82.6 cm³/mol. The van der Waals surface area contributed by atoms with Crippen LogP contribution in [0.3, 0.4) is 0 Å². The van der Waals surface area contributed by atoms with Gasteiger partial charge in [-0.15, -0.1) is 0 Å². The molecule has 22 heavy (non-hydrogen) atoms. The quantitative estimate of drug-likeness (QED) is 0.909. The van der Waals surface area contributed by atoms with Crippen molar-refractivity contribution in [3.05, 3.63) is 17.7 Å². The van der Waals surface area contributed by atoms with Crippen LogP contribution in [-0.2, 0) is 4.74 Å². The zero-order valence-corrected chi connectivity index (χ0v) is 13.0. The summed E-state index contributed by atoms with van der Waals surface area (Å²) < 4.78 is 16.5. The van der Waals surface area contributed by atoms with E-state index in [1.807, 2.05) is 19.1 Å². The number of amides is 1. The largest absolute Gasteiger partial charge is 0.486 e. The monoisotopic (exact) mass is 306 g/mol. The second kappa shape index (κ2) is 6.04. The van der Waals surface area contributed by atoms with Crippen LogP contribution < -0.4 is 20.1 Å². The predicted octanol–water partition coefficient (Wildman–Crippen LogP) is 2.60. The van der Waals surface area contributed by atoms with Gasteiger partial charge in [-0.2, -0.15) is 0 Å². The van der Waals surface area contributed by atoms with Crippen LogP contribution in [0.15, 0.2) is 12.1 Å². The van der Waals surface area contributed by atoms with Gasteiger partial charge in [0.2, 0.25) is 0 Å². The SMILES string of the molecule is CCOC(=O)N1c2cc3c(cc2[C@@H](N)C[C@H]1CC)OCCO3. The lowest BCUT2D eigenvalue weighted by atomic mass is 9.90. The Bertz CT molecular complexity index is 576. The summed E-state index contributed by atoms with van der Waals surface area (Å²) in [6.45, 7) is 5.23. The first-order chi connectivity index (χ1) is 10.7. The summed E-state index contributed by atoms with van der Waals surface area (Å²) in [4.78, 5) is 14.1. The molecule has 0 saturated carbocycles. The van der Waals surface area contributed by atoms with Gasteiger partial charge in [0, 0.05) is 18.2 Å². The van der Waals surface area contributed by atoms with E-state index in [0.29, 0.717) is 37.7 Å². The first-order valence-electron chi connectivity index (χ1n) is 7.80. The molecule has 0 radical (unpaired) electrons. The van der Waals surface area contributed by atoms with Gasteiger partial charge in [-0.25, -0.2) is 4.79 Å². The molecule has 120 valence electrons. The lowest BCUT2D eigenvalue weighted by molar-refractivity contribution is 0.154. The van der Waals surface area contributed by atoms with Gasteiger partial charge in [0.25, 0.3) is 0 Å². The van der Waals surface area contributed by atoms with Crippen LogP contribution in [0.25, 0.3) is 0 Å². The third kappa shape index (κ3) is 2.47. The summed E-state index contributed by atoms with van der Waals surface area (Å²) >= 11 is 0. The van der Waals surface area contributed by atoms with Crippen molar-refractivity contribution in [1.82, 2.24) is 0 Å². The van der Waals surface area contributed by atoms with Gasteiger partial charge in [-0.3, -0.25) is 4.90 Å². The fourth-order valence-electron chi connectivity index (χ4n) is 3.11. The highest BCUT2D eigenvalue weighted by molar-refractivity contribution is 5.91. The molecule has 0 aliphatic carbocycles. The van der Waals surface area contributed by atoms with Crippen LogP contribution >= 0.6 is 0 Å². The Kier molecular flexibility index (Phi) is 4.11. The van der Waals surface area contributed by atoms with Crippen LogP contribution in [0.5, 0.6) is 11.5 Å². The van der Waals surface area contributed by atoms with Crippen molar-refractivity contribution in [2.75, 3.05) is 24.7 Å². The molecule has 1 aromatic carbocycles. The molecule has 0 fully saturated rings. The molecule has 0 saturated heterocycles. The van der Waals surface area contributed by atoms with Crippen molar-refractivity contribution in [3.8, 4) is 11.5 Å². The Labute approximate surface area is 130 Å². The zero-order valence-electron chi connectivity index (χ0n) is 13.0. The molecule has 1 amide bonds. The number of anilines is 1. The summed E-state index contributed by atoms with van der Waals surface area (Å²) in [5, 5.41) is 0. The van der Waals surface area contributed by atoms with Crippen molar-refractivity contribution in [2.45, 2.75) is 38.8 Å². The second-order valence-corrected chi connectivity index (χ2v) is 5.53. The van der Waals surface area contributed by atoms with Crippen LogP contribution in [0.2, 0.25) is 0 Å². The maximum absolute atomic E-state index is 12.4. The molecule has 0 spiro atoms. The van der Waals surface area contributed by atoms with Gasteiger partial charge in [0.05, 0.1) is 12.3 Å². The minimum absolute atomic E-state index is 0.0316. The third-order valence-corrected chi connectivity index (χ3v) is 4.18. The molecule has 2 atom stereocenters. The molecule has 2 aliphatic heterocycles. The number of fused-ring (bicyclic) bond motifs is 2. The first-order valence-corrected chi connectivity index (χ1v) is 7.80. The van der Waals surface area contributed by atoms with E-state index < -0.39 is 0 Å². The van der Waals surface area contributed by atoms with Gasteiger partial charge in [-0.1, -0.05) is 6.92 Å². The second-order valence-electron chi connectivity index (χ2n) is 5.53. The summed E-state index contributed by atoms with van der Waals surface area (Å²) in [5.41, 5.74) is 7.98. The topological polar surface area (TPSA) is 74.0 Å². The molecule has 3 rings (SSSR count).